The summed E-state index contributed by atoms with van der Waals surface area (Å²) in [6, 6.07) is 21.1. The summed E-state index contributed by atoms with van der Waals surface area (Å²) in [7, 11) is 0. The first-order valence-electron chi connectivity index (χ1n) is 10.2. The maximum absolute atomic E-state index is 5.99. The van der Waals surface area contributed by atoms with Crippen molar-refractivity contribution in [1.82, 2.24) is 0 Å². The van der Waals surface area contributed by atoms with Crippen molar-refractivity contribution in [2.75, 3.05) is 26.4 Å². The zero-order chi connectivity index (χ0) is 19.2. The van der Waals surface area contributed by atoms with Gasteiger partial charge in [-0.1, -0.05) is 60.7 Å². The van der Waals surface area contributed by atoms with Gasteiger partial charge in [0.25, 0.3) is 0 Å². The number of rotatable bonds is 14. The Morgan fingerprint density at radius 2 is 1.04 bits per heavy atom. The van der Waals surface area contributed by atoms with Crippen LogP contribution in [0.5, 0.6) is 0 Å². The number of aryl methyl sites for hydroxylation is 2. The van der Waals surface area contributed by atoms with Gasteiger partial charge in [-0.25, -0.2) is 0 Å². The molecule has 0 saturated heterocycles. The number of hydrogen-bond acceptors (Lipinski definition) is 3. The first-order chi connectivity index (χ1) is 13.3. The van der Waals surface area contributed by atoms with Crippen LogP contribution in [0, 0.1) is 0 Å². The minimum atomic E-state index is 0.131. The summed E-state index contributed by atoms with van der Waals surface area (Å²) >= 11 is 0. The molecule has 0 spiro atoms. The summed E-state index contributed by atoms with van der Waals surface area (Å²) in [5.74, 6) is 0. The predicted molar refractivity (Wildman–Crippen MR) is 111 cm³/mol. The molecule has 27 heavy (non-hydrogen) atoms. The second-order valence-corrected chi connectivity index (χ2v) is 6.74. The monoisotopic (exact) mass is 370 g/mol. The quantitative estimate of drug-likeness (QED) is 0.464. The molecule has 0 aliphatic rings. The van der Waals surface area contributed by atoms with E-state index in [1.165, 1.54) is 11.1 Å². The van der Waals surface area contributed by atoms with Crippen LogP contribution in [0.2, 0.25) is 0 Å². The van der Waals surface area contributed by atoms with Gasteiger partial charge in [-0.3, -0.25) is 0 Å². The van der Waals surface area contributed by atoms with Gasteiger partial charge in [0, 0.05) is 13.2 Å². The van der Waals surface area contributed by atoms with Gasteiger partial charge < -0.3 is 14.2 Å². The maximum atomic E-state index is 5.99. The third-order valence-corrected chi connectivity index (χ3v) is 4.61. The van der Waals surface area contributed by atoms with E-state index in [-0.39, 0.29) is 12.2 Å². The van der Waals surface area contributed by atoms with E-state index in [4.69, 9.17) is 14.2 Å². The van der Waals surface area contributed by atoms with Gasteiger partial charge in [0.2, 0.25) is 0 Å². The lowest BCUT2D eigenvalue weighted by Crippen LogP contribution is -2.26. The molecule has 2 aromatic carbocycles. The Labute approximate surface area is 164 Å². The third kappa shape index (κ3) is 9.18. The van der Waals surface area contributed by atoms with E-state index in [9.17, 15) is 0 Å². The van der Waals surface area contributed by atoms with Crippen molar-refractivity contribution >= 4 is 0 Å². The predicted octanol–water partition coefficient (Wildman–Crippen LogP) is 5.08. The zero-order valence-corrected chi connectivity index (χ0v) is 16.8. The lowest BCUT2D eigenvalue weighted by molar-refractivity contribution is -0.0565. The van der Waals surface area contributed by atoms with Gasteiger partial charge in [-0.05, 0) is 50.7 Å². The Morgan fingerprint density at radius 1 is 0.630 bits per heavy atom. The maximum Gasteiger partial charge on any atom is 0.0811 e. The first kappa shape index (κ1) is 21.6. The summed E-state index contributed by atoms with van der Waals surface area (Å²) in [5, 5.41) is 0. The molecule has 0 amide bonds. The molecule has 0 aliphatic carbocycles. The van der Waals surface area contributed by atoms with Gasteiger partial charge in [-0.2, -0.15) is 0 Å². The molecule has 0 aromatic heterocycles. The van der Waals surface area contributed by atoms with Crippen LogP contribution in [0.4, 0.5) is 0 Å². The van der Waals surface area contributed by atoms with Gasteiger partial charge >= 0.3 is 0 Å². The Hall–Kier alpha value is -1.68. The SMILES string of the molecule is CCOC(CCc1ccccc1)COCC(CCc1ccccc1)OCC. The van der Waals surface area contributed by atoms with Crippen LogP contribution in [0.3, 0.4) is 0 Å². The van der Waals surface area contributed by atoms with Crippen LogP contribution in [-0.2, 0) is 27.1 Å². The van der Waals surface area contributed by atoms with Crippen molar-refractivity contribution in [3.8, 4) is 0 Å². The molecule has 0 radical (unpaired) electrons. The summed E-state index contributed by atoms with van der Waals surface area (Å²) in [5.41, 5.74) is 2.69. The zero-order valence-electron chi connectivity index (χ0n) is 16.8. The fraction of sp³-hybridized carbons (Fsp3) is 0.500. The number of hydrogen-bond donors (Lipinski definition) is 0. The highest BCUT2D eigenvalue weighted by molar-refractivity contribution is 5.15. The summed E-state index contributed by atoms with van der Waals surface area (Å²) in [4.78, 5) is 0. The highest BCUT2D eigenvalue weighted by Crippen LogP contribution is 2.11. The molecule has 3 nitrogen and oxygen atoms in total. The lowest BCUT2D eigenvalue weighted by Gasteiger charge is -2.21. The average molecular weight is 371 g/mol. The van der Waals surface area contributed by atoms with Gasteiger partial charge in [0.15, 0.2) is 0 Å². The Kier molecular flexibility index (Phi) is 10.8. The normalized spacial score (nSPS) is 13.4. The average Bonchev–Trinajstić information content (AvgIpc) is 2.71. The molecule has 2 aromatic rings. The van der Waals surface area contributed by atoms with Crippen LogP contribution >= 0.6 is 0 Å². The molecule has 0 fully saturated rings. The Balaban J connectivity index is 1.72. The van der Waals surface area contributed by atoms with Crippen molar-refractivity contribution in [2.24, 2.45) is 0 Å². The standard InChI is InChI=1S/C24H34O3/c1-3-26-23(17-15-21-11-7-5-8-12-21)19-25-20-24(27-4-2)18-16-22-13-9-6-10-14-22/h5-14,23-24H,3-4,15-20H2,1-2H3. The number of ether oxygens (including phenoxy) is 3. The summed E-state index contributed by atoms with van der Waals surface area (Å²) in [6.45, 7) is 6.75. The lowest BCUT2D eigenvalue weighted by atomic mass is 10.1. The van der Waals surface area contributed by atoms with Crippen LogP contribution in [0.25, 0.3) is 0 Å². The van der Waals surface area contributed by atoms with Crippen LogP contribution < -0.4 is 0 Å². The smallest absolute Gasteiger partial charge is 0.0811 e. The van der Waals surface area contributed by atoms with Crippen LogP contribution in [-0.4, -0.2) is 38.6 Å². The molecular formula is C24H34O3. The van der Waals surface area contributed by atoms with Gasteiger partial charge in [-0.15, -0.1) is 0 Å². The molecule has 0 saturated carbocycles. The molecule has 0 aliphatic heterocycles. The molecule has 0 N–H and O–H groups in total. The van der Waals surface area contributed by atoms with Gasteiger partial charge in [0.1, 0.15) is 0 Å². The summed E-state index contributed by atoms with van der Waals surface area (Å²) < 4.78 is 17.7. The first-order valence-corrected chi connectivity index (χ1v) is 10.2. The summed E-state index contributed by atoms with van der Waals surface area (Å²) in [6.07, 6.45) is 4.23. The van der Waals surface area contributed by atoms with Crippen molar-refractivity contribution in [3.63, 3.8) is 0 Å². The van der Waals surface area contributed by atoms with Crippen LogP contribution in [0.15, 0.2) is 60.7 Å². The molecule has 3 heteroatoms. The minimum Gasteiger partial charge on any atom is -0.376 e. The molecule has 0 bridgehead atoms. The second kappa shape index (κ2) is 13.5. The van der Waals surface area contributed by atoms with Gasteiger partial charge in [0.05, 0.1) is 25.4 Å². The molecule has 148 valence electrons. The van der Waals surface area contributed by atoms with Crippen molar-refractivity contribution < 1.29 is 14.2 Å². The largest absolute Gasteiger partial charge is 0.376 e. The molecule has 2 atom stereocenters. The molecule has 2 unspecified atom stereocenters. The molecule has 0 heterocycles. The van der Waals surface area contributed by atoms with Crippen molar-refractivity contribution in [3.05, 3.63) is 71.8 Å². The fourth-order valence-electron chi connectivity index (χ4n) is 3.18. The number of benzene rings is 2. The van der Waals surface area contributed by atoms with E-state index < -0.39 is 0 Å². The van der Waals surface area contributed by atoms with Crippen LogP contribution in [0.1, 0.15) is 37.8 Å². The second-order valence-electron chi connectivity index (χ2n) is 6.74. The van der Waals surface area contributed by atoms with E-state index in [2.05, 4.69) is 60.7 Å². The van der Waals surface area contributed by atoms with E-state index in [1.807, 2.05) is 13.8 Å². The van der Waals surface area contributed by atoms with E-state index in [1.54, 1.807) is 0 Å². The van der Waals surface area contributed by atoms with Crippen molar-refractivity contribution in [1.29, 1.82) is 0 Å². The molecular weight excluding hydrogens is 336 g/mol. The molecule has 2 rings (SSSR count). The minimum absolute atomic E-state index is 0.131. The van der Waals surface area contributed by atoms with E-state index >= 15 is 0 Å². The Morgan fingerprint density at radius 3 is 1.41 bits per heavy atom. The highest BCUT2D eigenvalue weighted by Gasteiger charge is 2.13. The topological polar surface area (TPSA) is 27.7 Å². The highest BCUT2D eigenvalue weighted by atomic mass is 16.6. The third-order valence-electron chi connectivity index (χ3n) is 4.61. The van der Waals surface area contributed by atoms with Crippen molar-refractivity contribution in [2.45, 2.75) is 51.7 Å². The van der Waals surface area contributed by atoms with E-state index in [0.29, 0.717) is 26.4 Å². The Bertz CT molecular complexity index is 532. The van der Waals surface area contributed by atoms with E-state index in [0.717, 1.165) is 25.7 Å². The fourth-order valence-corrected chi connectivity index (χ4v) is 3.18.